The molecule has 0 N–H and O–H groups in total. The molecule has 0 unspecified atom stereocenters. The smallest absolute Gasteiger partial charge is 0.138 e. The van der Waals surface area contributed by atoms with Gasteiger partial charge >= 0.3 is 0 Å². The quantitative estimate of drug-likeness (QED) is 0.552. The molecule has 110 valence electrons. The molecular weight excluding hydrogens is 308 g/mol. The molecule has 1 aliphatic rings. The van der Waals surface area contributed by atoms with Gasteiger partial charge < -0.3 is 0 Å². The molecule has 22 heavy (non-hydrogen) atoms. The zero-order valence-electron chi connectivity index (χ0n) is 13.0. The SMILES string of the molecule is CC(C)c1cc2c(s1)-c1sc(C(C)C)cc1C2=C(C#N)C#N. The standard InChI is InChI=1S/C18H16N2S2/c1-9(2)14-5-12-16(11(7-19)8-20)13-6-15(10(3)4)22-18(13)17(12)21-14/h5-6,9-10H,1-4H3. The van der Waals surface area contributed by atoms with Crippen molar-refractivity contribution in [3.63, 3.8) is 0 Å². The molecule has 0 bridgehead atoms. The van der Waals surface area contributed by atoms with Crippen molar-refractivity contribution in [1.29, 1.82) is 10.5 Å². The molecule has 0 saturated heterocycles. The van der Waals surface area contributed by atoms with Crippen LogP contribution in [-0.2, 0) is 0 Å². The largest absolute Gasteiger partial charge is 0.192 e. The van der Waals surface area contributed by atoms with Crippen molar-refractivity contribution in [2.24, 2.45) is 0 Å². The van der Waals surface area contributed by atoms with Gasteiger partial charge in [0.25, 0.3) is 0 Å². The molecule has 4 heteroatoms. The van der Waals surface area contributed by atoms with E-state index in [0.717, 1.165) is 16.7 Å². The summed E-state index contributed by atoms with van der Waals surface area (Å²) in [6.07, 6.45) is 0. The number of nitriles is 2. The summed E-state index contributed by atoms with van der Waals surface area (Å²) in [6, 6.07) is 8.49. The Bertz CT molecular complexity index is 794. The van der Waals surface area contributed by atoms with Gasteiger partial charge in [-0.3, -0.25) is 0 Å². The number of hydrogen-bond acceptors (Lipinski definition) is 4. The van der Waals surface area contributed by atoms with Crippen LogP contribution < -0.4 is 0 Å². The predicted molar refractivity (Wildman–Crippen MR) is 93.1 cm³/mol. The van der Waals surface area contributed by atoms with Gasteiger partial charge in [0.15, 0.2) is 0 Å². The van der Waals surface area contributed by atoms with Crippen molar-refractivity contribution in [3.05, 3.63) is 38.6 Å². The Kier molecular flexibility index (Phi) is 3.68. The van der Waals surface area contributed by atoms with Crippen LogP contribution in [0.15, 0.2) is 17.7 Å². The van der Waals surface area contributed by atoms with Gasteiger partial charge in [0.2, 0.25) is 0 Å². The fourth-order valence-corrected chi connectivity index (χ4v) is 5.14. The van der Waals surface area contributed by atoms with E-state index in [-0.39, 0.29) is 5.57 Å². The number of nitrogens with zero attached hydrogens (tertiary/aromatic N) is 2. The summed E-state index contributed by atoms with van der Waals surface area (Å²) >= 11 is 3.59. The van der Waals surface area contributed by atoms with Gasteiger partial charge in [0, 0.05) is 26.5 Å². The Hall–Kier alpha value is -1.88. The number of fused-ring (bicyclic) bond motifs is 3. The zero-order chi connectivity index (χ0) is 16.0. The lowest BCUT2D eigenvalue weighted by atomic mass is 9.99. The number of thiophene rings is 2. The van der Waals surface area contributed by atoms with E-state index in [1.54, 1.807) is 22.7 Å². The topological polar surface area (TPSA) is 47.6 Å². The molecule has 0 aliphatic heterocycles. The van der Waals surface area contributed by atoms with Crippen molar-refractivity contribution in [1.82, 2.24) is 0 Å². The van der Waals surface area contributed by atoms with Gasteiger partial charge in [-0.25, -0.2) is 0 Å². The van der Waals surface area contributed by atoms with Crippen LogP contribution in [0.25, 0.3) is 15.3 Å². The average Bonchev–Trinajstić information content (AvgIpc) is 3.12. The molecule has 0 fully saturated rings. The molecule has 0 amide bonds. The second kappa shape index (κ2) is 5.39. The minimum atomic E-state index is 0.223. The third-order valence-electron chi connectivity index (χ3n) is 3.86. The van der Waals surface area contributed by atoms with Crippen LogP contribution in [0.5, 0.6) is 0 Å². The van der Waals surface area contributed by atoms with Crippen molar-refractivity contribution in [2.75, 3.05) is 0 Å². The maximum Gasteiger partial charge on any atom is 0.138 e. The molecule has 0 aromatic carbocycles. The lowest BCUT2D eigenvalue weighted by Gasteiger charge is -2.02. The van der Waals surface area contributed by atoms with E-state index in [4.69, 9.17) is 0 Å². The monoisotopic (exact) mass is 324 g/mol. The first-order chi connectivity index (χ1) is 10.5. The average molecular weight is 324 g/mol. The van der Waals surface area contributed by atoms with Crippen LogP contribution in [0.2, 0.25) is 0 Å². The van der Waals surface area contributed by atoms with E-state index >= 15 is 0 Å². The van der Waals surface area contributed by atoms with Crippen molar-refractivity contribution in [2.45, 2.75) is 39.5 Å². The van der Waals surface area contributed by atoms with Crippen LogP contribution in [0.4, 0.5) is 0 Å². The first-order valence-corrected chi connectivity index (χ1v) is 8.94. The summed E-state index contributed by atoms with van der Waals surface area (Å²) in [6.45, 7) is 8.70. The zero-order valence-corrected chi connectivity index (χ0v) is 14.7. The molecule has 2 aromatic heterocycles. The minimum absolute atomic E-state index is 0.223. The molecule has 2 nitrogen and oxygen atoms in total. The van der Waals surface area contributed by atoms with Crippen molar-refractivity contribution in [3.8, 4) is 21.9 Å². The predicted octanol–water partition coefficient (Wildman–Crippen LogP) is 5.89. The molecule has 0 saturated carbocycles. The third-order valence-corrected chi connectivity index (χ3v) is 6.89. The number of hydrogen-bond donors (Lipinski definition) is 0. The summed E-state index contributed by atoms with van der Waals surface area (Å²) < 4.78 is 0. The van der Waals surface area contributed by atoms with E-state index in [1.807, 2.05) is 0 Å². The molecule has 1 aliphatic carbocycles. The van der Waals surface area contributed by atoms with E-state index in [9.17, 15) is 10.5 Å². The highest BCUT2D eigenvalue weighted by atomic mass is 32.1. The molecule has 2 aromatic rings. The minimum Gasteiger partial charge on any atom is -0.192 e. The Morgan fingerprint density at radius 2 is 1.27 bits per heavy atom. The highest BCUT2D eigenvalue weighted by Gasteiger charge is 2.32. The maximum absolute atomic E-state index is 9.35. The molecule has 0 radical (unpaired) electrons. The Balaban J connectivity index is 2.33. The lowest BCUT2D eigenvalue weighted by molar-refractivity contribution is 0.889. The molecular formula is C18H16N2S2. The van der Waals surface area contributed by atoms with Crippen LogP contribution in [0.3, 0.4) is 0 Å². The fraction of sp³-hybridized carbons (Fsp3) is 0.333. The number of rotatable bonds is 2. The highest BCUT2D eigenvalue weighted by Crippen LogP contribution is 2.54. The second-order valence-corrected chi connectivity index (χ2v) is 8.23. The van der Waals surface area contributed by atoms with Crippen molar-refractivity contribution >= 4 is 28.2 Å². The first kappa shape index (κ1) is 15.0. The Labute approximate surface area is 139 Å². The molecule has 3 rings (SSSR count). The van der Waals surface area contributed by atoms with E-state index in [1.165, 1.54) is 19.5 Å². The van der Waals surface area contributed by atoms with E-state index < -0.39 is 0 Å². The summed E-state index contributed by atoms with van der Waals surface area (Å²) in [5.74, 6) is 0.912. The normalized spacial score (nSPS) is 12.3. The molecule has 0 spiro atoms. The summed E-state index contributed by atoms with van der Waals surface area (Å²) in [5.41, 5.74) is 3.20. The van der Waals surface area contributed by atoms with Crippen LogP contribution in [0.1, 0.15) is 60.4 Å². The van der Waals surface area contributed by atoms with Gasteiger partial charge in [-0.1, -0.05) is 27.7 Å². The second-order valence-electron chi connectivity index (χ2n) is 6.07. The van der Waals surface area contributed by atoms with Gasteiger partial charge in [-0.2, -0.15) is 10.5 Å². The van der Waals surface area contributed by atoms with Crippen molar-refractivity contribution < 1.29 is 0 Å². The Morgan fingerprint density at radius 3 is 1.59 bits per heavy atom. The van der Waals surface area contributed by atoms with Crippen LogP contribution in [0, 0.1) is 22.7 Å². The fourth-order valence-electron chi connectivity index (χ4n) is 2.65. The van der Waals surface area contributed by atoms with Crippen LogP contribution in [-0.4, -0.2) is 0 Å². The van der Waals surface area contributed by atoms with E-state index in [0.29, 0.717) is 11.8 Å². The van der Waals surface area contributed by atoms with Gasteiger partial charge in [0.05, 0.1) is 9.75 Å². The van der Waals surface area contributed by atoms with Crippen LogP contribution >= 0.6 is 22.7 Å². The summed E-state index contributed by atoms with van der Waals surface area (Å²) in [7, 11) is 0. The third kappa shape index (κ3) is 2.11. The lowest BCUT2D eigenvalue weighted by Crippen LogP contribution is -1.87. The molecule has 2 heterocycles. The highest BCUT2D eigenvalue weighted by molar-refractivity contribution is 7.23. The Morgan fingerprint density at radius 1 is 0.864 bits per heavy atom. The van der Waals surface area contributed by atoms with Gasteiger partial charge in [-0.15, -0.1) is 22.7 Å². The first-order valence-electron chi connectivity index (χ1n) is 7.31. The summed E-state index contributed by atoms with van der Waals surface area (Å²) in [4.78, 5) is 5.08. The van der Waals surface area contributed by atoms with Gasteiger partial charge in [0.1, 0.15) is 17.7 Å². The number of allylic oxidation sites excluding steroid dienone is 1. The maximum atomic E-state index is 9.35. The molecule has 0 atom stereocenters. The van der Waals surface area contributed by atoms with Gasteiger partial charge in [-0.05, 0) is 24.0 Å². The van der Waals surface area contributed by atoms with E-state index in [2.05, 4.69) is 52.0 Å². The summed E-state index contributed by atoms with van der Waals surface area (Å²) in [5, 5.41) is 18.7.